The SMILES string of the molecule is C[SiH](C)Oc1cc(Br)cc(C(F)(F)F)c1C(C)(C)C. The van der Waals surface area contributed by atoms with Crippen LogP contribution in [0.5, 0.6) is 5.75 Å². The second kappa shape index (κ2) is 5.48. The largest absolute Gasteiger partial charge is 0.547 e. The lowest BCUT2D eigenvalue weighted by molar-refractivity contribution is -0.138. The van der Waals surface area contributed by atoms with Crippen LogP contribution in [-0.4, -0.2) is 9.04 Å². The molecule has 0 radical (unpaired) electrons. The van der Waals surface area contributed by atoms with Crippen LogP contribution >= 0.6 is 15.9 Å². The molecule has 1 aromatic rings. The molecule has 0 aliphatic rings. The first kappa shape index (κ1) is 16.6. The first-order chi connectivity index (χ1) is 8.43. The lowest BCUT2D eigenvalue weighted by Crippen LogP contribution is -2.23. The summed E-state index contributed by atoms with van der Waals surface area (Å²) in [6.07, 6.45) is -4.39. The smallest absolute Gasteiger partial charge is 0.416 e. The lowest BCUT2D eigenvalue weighted by Gasteiger charge is -2.28. The highest BCUT2D eigenvalue weighted by Gasteiger charge is 2.38. The average Bonchev–Trinajstić information content (AvgIpc) is 2.11. The highest BCUT2D eigenvalue weighted by atomic mass is 79.9. The molecule has 0 bridgehead atoms. The van der Waals surface area contributed by atoms with Gasteiger partial charge in [0.2, 0.25) is 9.04 Å². The molecule has 6 heteroatoms. The molecule has 0 amide bonds. The van der Waals surface area contributed by atoms with E-state index in [0.717, 1.165) is 6.07 Å². The van der Waals surface area contributed by atoms with Crippen molar-refractivity contribution >= 4 is 25.0 Å². The summed E-state index contributed by atoms with van der Waals surface area (Å²) in [4.78, 5) is 0. The molecule has 0 heterocycles. The van der Waals surface area contributed by atoms with E-state index in [4.69, 9.17) is 4.43 Å². The van der Waals surface area contributed by atoms with Crippen LogP contribution in [0.2, 0.25) is 13.1 Å². The van der Waals surface area contributed by atoms with E-state index in [1.54, 1.807) is 26.8 Å². The van der Waals surface area contributed by atoms with Crippen LogP contribution in [0.3, 0.4) is 0 Å². The molecule has 0 spiro atoms. The Labute approximate surface area is 122 Å². The minimum atomic E-state index is -4.39. The Kier molecular flexibility index (Phi) is 4.78. The van der Waals surface area contributed by atoms with E-state index >= 15 is 0 Å². The average molecular weight is 355 g/mol. The van der Waals surface area contributed by atoms with Gasteiger partial charge in [-0.2, -0.15) is 13.2 Å². The fourth-order valence-corrected chi connectivity index (χ4v) is 3.06. The van der Waals surface area contributed by atoms with Gasteiger partial charge in [0.25, 0.3) is 0 Å². The molecule has 0 aliphatic carbocycles. The van der Waals surface area contributed by atoms with E-state index in [9.17, 15) is 13.2 Å². The van der Waals surface area contributed by atoms with Crippen molar-refractivity contribution in [3.63, 3.8) is 0 Å². The summed E-state index contributed by atoms with van der Waals surface area (Å²) in [6, 6.07) is 2.75. The van der Waals surface area contributed by atoms with Crippen molar-refractivity contribution in [2.24, 2.45) is 0 Å². The molecule has 0 saturated carbocycles. The molecule has 0 saturated heterocycles. The predicted molar refractivity (Wildman–Crippen MR) is 77.3 cm³/mol. The molecule has 1 nitrogen and oxygen atoms in total. The number of hydrogen-bond acceptors (Lipinski definition) is 1. The van der Waals surface area contributed by atoms with E-state index < -0.39 is 26.2 Å². The van der Waals surface area contributed by atoms with E-state index in [1.165, 1.54) is 0 Å². The quantitative estimate of drug-likeness (QED) is 0.669. The van der Waals surface area contributed by atoms with E-state index in [1.807, 2.05) is 13.1 Å². The fourth-order valence-electron chi connectivity index (χ4n) is 1.93. The first-order valence-electron chi connectivity index (χ1n) is 6.01. The Morgan fingerprint density at radius 3 is 2.00 bits per heavy atom. The van der Waals surface area contributed by atoms with Crippen molar-refractivity contribution in [3.05, 3.63) is 27.7 Å². The zero-order valence-electron chi connectivity index (χ0n) is 11.7. The second-order valence-electron chi connectivity index (χ2n) is 5.74. The van der Waals surface area contributed by atoms with Gasteiger partial charge in [0.05, 0.1) is 5.56 Å². The molecule has 108 valence electrons. The zero-order valence-corrected chi connectivity index (χ0v) is 14.4. The van der Waals surface area contributed by atoms with Crippen LogP contribution in [0, 0.1) is 0 Å². The van der Waals surface area contributed by atoms with Gasteiger partial charge in [-0.25, -0.2) is 0 Å². The Balaban J connectivity index is 3.59. The van der Waals surface area contributed by atoms with E-state index in [2.05, 4.69) is 15.9 Å². The van der Waals surface area contributed by atoms with Gasteiger partial charge >= 0.3 is 6.18 Å². The first-order valence-corrected chi connectivity index (χ1v) is 9.58. The van der Waals surface area contributed by atoms with Crippen molar-refractivity contribution in [1.29, 1.82) is 0 Å². The minimum absolute atomic E-state index is 0.226. The molecule has 1 rings (SSSR count). The predicted octanol–water partition coefficient (Wildman–Crippen LogP) is 5.13. The Morgan fingerprint density at radius 2 is 1.63 bits per heavy atom. The summed E-state index contributed by atoms with van der Waals surface area (Å²) in [6.45, 7) is 9.15. The number of halogens is 4. The van der Waals surface area contributed by atoms with Crippen molar-refractivity contribution < 1.29 is 17.6 Å². The highest BCUT2D eigenvalue weighted by molar-refractivity contribution is 9.10. The molecule has 0 aliphatic heterocycles. The summed E-state index contributed by atoms with van der Waals surface area (Å²) >= 11 is 3.13. The molecule has 0 N–H and O–H groups in total. The number of benzene rings is 1. The summed E-state index contributed by atoms with van der Waals surface area (Å²) in [5.74, 6) is 0.343. The maximum Gasteiger partial charge on any atom is 0.416 e. The topological polar surface area (TPSA) is 9.23 Å². The van der Waals surface area contributed by atoms with Crippen molar-refractivity contribution in [2.45, 2.75) is 45.5 Å². The van der Waals surface area contributed by atoms with Crippen LogP contribution in [0.1, 0.15) is 31.9 Å². The molecule has 0 fully saturated rings. The van der Waals surface area contributed by atoms with Crippen LogP contribution < -0.4 is 4.43 Å². The van der Waals surface area contributed by atoms with Gasteiger partial charge in [0, 0.05) is 10.0 Å². The van der Waals surface area contributed by atoms with Crippen molar-refractivity contribution in [3.8, 4) is 5.75 Å². The van der Waals surface area contributed by atoms with Gasteiger partial charge in [0.15, 0.2) is 0 Å². The fraction of sp³-hybridized carbons (Fsp3) is 0.538. The third-order valence-corrected chi connectivity index (χ3v) is 3.67. The Hall–Kier alpha value is -0.493. The highest BCUT2D eigenvalue weighted by Crippen LogP contribution is 2.44. The number of hydrogen-bond donors (Lipinski definition) is 0. The van der Waals surface area contributed by atoms with Crippen LogP contribution in [-0.2, 0) is 11.6 Å². The molecular weight excluding hydrogens is 337 g/mol. The van der Waals surface area contributed by atoms with Crippen LogP contribution in [0.4, 0.5) is 13.2 Å². The maximum atomic E-state index is 13.2. The Morgan fingerprint density at radius 1 is 1.11 bits per heavy atom. The van der Waals surface area contributed by atoms with Gasteiger partial charge in [-0.05, 0) is 30.6 Å². The molecule has 0 aromatic heterocycles. The Bertz CT molecular complexity index is 464. The monoisotopic (exact) mass is 354 g/mol. The summed E-state index contributed by atoms with van der Waals surface area (Å²) in [7, 11) is -1.48. The summed E-state index contributed by atoms with van der Waals surface area (Å²) in [5, 5.41) is 0. The lowest BCUT2D eigenvalue weighted by atomic mass is 9.83. The molecule has 19 heavy (non-hydrogen) atoms. The third-order valence-electron chi connectivity index (χ3n) is 2.49. The van der Waals surface area contributed by atoms with Crippen molar-refractivity contribution in [2.75, 3.05) is 0 Å². The van der Waals surface area contributed by atoms with Crippen molar-refractivity contribution in [1.82, 2.24) is 0 Å². The van der Waals surface area contributed by atoms with Gasteiger partial charge in [-0.3, -0.25) is 0 Å². The van der Waals surface area contributed by atoms with E-state index in [0.29, 0.717) is 10.2 Å². The normalized spacial score (nSPS) is 12.9. The minimum Gasteiger partial charge on any atom is -0.547 e. The standard InChI is InChI=1S/C13H18BrF3OSi/c1-12(2,3)11-9(13(15,16)17)6-8(14)7-10(11)18-19(4)5/h6-7,19H,1-5H3. The molecule has 1 aromatic carbocycles. The van der Waals surface area contributed by atoms with E-state index in [-0.39, 0.29) is 5.56 Å². The summed E-state index contributed by atoms with van der Waals surface area (Å²) in [5.41, 5.74) is -1.03. The van der Waals surface area contributed by atoms with Crippen LogP contribution in [0.15, 0.2) is 16.6 Å². The van der Waals surface area contributed by atoms with Crippen LogP contribution in [0.25, 0.3) is 0 Å². The molecular formula is C13H18BrF3OSi. The maximum absolute atomic E-state index is 13.2. The third kappa shape index (κ3) is 4.24. The zero-order chi connectivity index (χ0) is 15.0. The van der Waals surface area contributed by atoms with Gasteiger partial charge in [0.1, 0.15) is 5.75 Å². The molecule has 0 unspecified atom stereocenters. The second-order valence-corrected chi connectivity index (χ2v) is 8.99. The number of rotatable bonds is 2. The van der Waals surface area contributed by atoms with Gasteiger partial charge in [-0.1, -0.05) is 36.7 Å². The number of alkyl halides is 3. The molecule has 0 atom stereocenters. The summed E-state index contributed by atoms with van der Waals surface area (Å²) < 4.78 is 45.7. The van der Waals surface area contributed by atoms with Gasteiger partial charge in [-0.15, -0.1) is 0 Å². The van der Waals surface area contributed by atoms with Gasteiger partial charge < -0.3 is 4.43 Å².